The lowest BCUT2D eigenvalue weighted by Crippen LogP contribution is -2.40. The molecule has 1 aliphatic heterocycles. The highest BCUT2D eigenvalue weighted by molar-refractivity contribution is 5.08. The molecule has 1 aliphatic carbocycles. The molecule has 2 nitrogen and oxygen atoms in total. The van der Waals surface area contributed by atoms with Crippen molar-refractivity contribution in [2.45, 2.75) is 32.1 Å². The molecule has 1 heterocycles. The maximum absolute atomic E-state index is 9.08. The van der Waals surface area contributed by atoms with Crippen molar-refractivity contribution >= 4 is 0 Å². The molecule has 0 aromatic heterocycles. The molecule has 2 aliphatic rings. The first-order valence-corrected chi connectivity index (χ1v) is 4.86. The summed E-state index contributed by atoms with van der Waals surface area (Å²) in [6.45, 7) is 1.73. The zero-order valence-electron chi connectivity index (χ0n) is 7.38. The second-order valence-corrected chi connectivity index (χ2v) is 4.04. The fourth-order valence-corrected chi connectivity index (χ4v) is 2.35. The third-order valence-electron chi connectivity index (χ3n) is 3.41. The Morgan fingerprint density at radius 3 is 2.58 bits per heavy atom. The number of hydrogen-bond donors (Lipinski definition) is 0. The molecule has 0 N–H and O–H groups in total. The van der Waals surface area contributed by atoms with E-state index < -0.39 is 0 Å². The Kier molecular flexibility index (Phi) is 2.06. The topological polar surface area (TPSA) is 33.0 Å². The molecule has 1 saturated heterocycles. The molecule has 0 unspecified atom stereocenters. The zero-order valence-corrected chi connectivity index (χ0v) is 7.38. The molecular formula is C10H15NO. The maximum atomic E-state index is 9.08. The normalized spacial score (nSPS) is 33.4. The highest BCUT2D eigenvalue weighted by atomic mass is 16.5. The summed E-state index contributed by atoms with van der Waals surface area (Å²) in [4.78, 5) is 0. The number of rotatable bonds is 1. The van der Waals surface area contributed by atoms with Crippen molar-refractivity contribution in [3.8, 4) is 6.07 Å². The quantitative estimate of drug-likeness (QED) is 0.596. The van der Waals surface area contributed by atoms with Gasteiger partial charge in [-0.05, 0) is 25.7 Å². The average Bonchev–Trinajstić information content (AvgIpc) is 2.05. The highest BCUT2D eigenvalue weighted by Crippen LogP contribution is 2.49. The van der Waals surface area contributed by atoms with E-state index in [9.17, 15) is 0 Å². The third-order valence-corrected chi connectivity index (χ3v) is 3.41. The summed E-state index contributed by atoms with van der Waals surface area (Å²) in [5.74, 6) is 0.532. The van der Waals surface area contributed by atoms with Gasteiger partial charge < -0.3 is 4.74 Å². The lowest BCUT2D eigenvalue weighted by atomic mass is 9.61. The summed E-state index contributed by atoms with van der Waals surface area (Å²) < 4.78 is 5.41. The molecule has 2 heteroatoms. The molecule has 2 fully saturated rings. The van der Waals surface area contributed by atoms with Crippen LogP contribution in [0, 0.1) is 22.7 Å². The molecule has 0 radical (unpaired) electrons. The van der Waals surface area contributed by atoms with Crippen LogP contribution in [-0.2, 0) is 4.74 Å². The zero-order chi connectivity index (χ0) is 8.44. The first kappa shape index (κ1) is 8.07. The van der Waals surface area contributed by atoms with E-state index in [4.69, 9.17) is 10.00 Å². The Balaban J connectivity index is 2.01. The molecule has 1 atom stereocenters. The van der Waals surface area contributed by atoms with Crippen molar-refractivity contribution < 1.29 is 4.74 Å². The molecule has 0 amide bonds. The van der Waals surface area contributed by atoms with E-state index in [0.717, 1.165) is 32.5 Å². The minimum absolute atomic E-state index is 0.0143. The largest absolute Gasteiger partial charge is 0.381 e. The van der Waals surface area contributed by atoms with Crippen LogP contribution in [0.15, 0.2) is 0 Å². The molecule has 0 aromatic rings. The Morgan fingerprint density at radius 2 is 2.17 bits per heavy atom. The van der Waals surface area contributed by atoms with Gasteiger partial charge in [0.1, 0.15) is 0 Å². The summed E-state index contributed by atoms with van der Waals surface area (Å²) >= 11 is 0. The van der Waals surface area contributed by atoms with Gasteiger partial charge >= 0.3 is 0 Å². The first-order valence-electron chi connectivity index (χ1n) is 4.86. The van der Waals surface area contributed by atoms with E-state index in [1.807, 2.05) is 0 Å². The van der Waals surface area contributed by atoms with E-state index in [1.54, 1.807) is 0 Å². The lowest BCUT2D eigenvalue weighted by molar-refractivity contribution is -0.0180. The molecular weight excluding hydrogens is 150 g/mol. The predicted octanol–water partition coefficient (Wildman–Crippen LogP) is 2.11. The summed E-state index contributed by atoms with van der Waals surface area (Å²) in [5, 5.41) is 9.08. The van der Waals surface area contributed by atoms with Crippen LogP contribution in [0.2, 0.25) is 0 Å². The smallest absolute Gasteiger partial charge is 0.0693 e. The van der Waals surface area contributed by atoms with Crippen LogP contribution in [0.5, 0.6) is 0 Å². The predicted molar refractivity (Wildman–Crippen MR) is 45.4 cm³/mol. The van der Waals surface area contributed by atoms with E-state index in [0.29, 0.717) is 5.92 Å². The van der Waals surface area contributed by atoms with Crippen molar-refractivity contribution in [2.24, 2.45) is 11.3 Å². The van der Waals surface area contributed by atoms with Crippen LogP contribution < -0.4 is 0 Å². The summed E-state index contributed by atoms with van der Waals surface area (Å²) in [7, 11) is 0. The van der Waals surface area contributed by atoms with Gasteiger partial charge in [0, 0.05) is 12.5 Å². The van der Waals surface area contributed by atoms with Gasteiger partial charge in [-0.15, -0.1) is 0 Å². The van der Waals surface area contributed by atoms with Crippen molar-refractivity contribution in [1.82, 2.24) is 0 Å². The lowest BCUT2D eigenvalue weighted by Gasteiger charge is -2.43. The maximum Gasteiger partial charge on any atom is 0.0693 e. The Morgan fingerprint density at radius 1 is 1.33 bits per heavy atom. The van der Waals surface area contributed by atoms with Gasteiger partial charge in [0.15, 0.2) is 0 Å². The van der Waals surface area contributed by atoms with Crippen LogP contribution in [0.1, 0.15) is 32.1 Å². The fraction of sp³-hybridized carbons (Fsp3) is 0.900. The van der Waals surface area contributed by atoms with Crippen molar-refractivity contribution in [1.29, 1.82) is 5.26 Å². The second kappa shape index (κ2) is 3.06. The highest BCUT2D eigenvalue weighted by Gasteiger charge is 2.44. The minimum atomic E-state index is 0.0143. The molecule has 0 aromatic carbocycles. The van der Waals surface area contributed by atoms with E-state index in [2.05, 4.69) is 6.07 Å². The molecule has 0 spiro atoms. The third kappa shape index (κ3) is 1.13. The van der Waals surface area contributed by atoms with Gasteiger partial charge in [0.05, 0.1) is 18.1 Å². The van der Waals surface area contributed by atoms with Gasteiger partial charge in [0.2, 0.25) is 0 Å². The molecule has 0 bridgehead atoms. The molecule has 1 saturated carbocycles. The minimum Gasteiger partial charge on any atom is -0.381 e. The molecule has 12 heavy (non-hydrogen) atoms. The van der Waals surface area contributed by atoms with E-state index in [1.165, 1.54) is 12.8 Å². The van der Waals surface area contributed by atoms with Gasteiger partial charge in [-0.3, -0.25) is 0 Å². The van der Waals surface area contributed by atoms with Gasteiger partial charge in [-0.1, -0.05) is 6.42 Å². The number of nitrogens with zero attached hydrogens (tertiary/aromatic N) is 1. The van der Waals surface area contributed by atoms with Gasteiger partial charge in [0.25, 0.3) is 0 Å². The molecule has 2 rings (SSSR count). The first-order chi connectivity index (χ1) is 5.87. The monoisotopic (exact) mass is 165 g/mol. The van der Waals surface area contributed by atoms with Gasteiger partial charge in [-0.2, -0.15) is 5.26 Å². The summed E-state index contributed by atoms with van der Waals surface area (Å²) in [6.07, 6.45) is 5.81. The van der Waals surface area contributed by atoms with Crippen LogP contribution in [-0.4, -0.2) is 13.2 Å². The number of hydrogen-bond acceptors (Lipinski definition) is 2. The van der Waals surface area contributed by atoms with Crippen molar-refractivity contribution in [2.75, 3.05) is 13.2 Å². The van der Waals surface area contributed by atoms with Crippen LogP contribution in [0.4, 0.5) is 0 Å². The van der Waals surface area contributed by atoms with Crippen LogP contribution in [0.3, 0.4) is 0 Å². The molecule has 66 valence electrons. The van der Waals surface area contributed by atoms with E-state index in [-0.39, 0.29) is 5.41 Å². The number of ether oxygens (including phenoxy) is 1. The van der Waals surface area contributed by atoms with E-state index >= 15 is 0 Å². The Bertz CT molecular complexity index is 196. The Hall–Kier alpha value is -0.550. The van der Waals surface area contributed by atoms with Crippen molar-refractivity contribution in [3.63, 3.8) is 0 Å². The number of nitriles is 1. The SMILES string of the molecule is N#CC1([C@@H]2CCCOC2)CCC1. The van der Waals surface area contributed by atoms with Crippen molar-refractivity contribution in [3.05, 3.63) is 0 Å². The fourth-order valence-electron chi connectivity index (χ4n) is 2.35. The second-order valence-electron chi connectivity index (χ2n) is 4.04. The van der Waals surface area contributed by atoms with Crippen LogP contribution in [0.25, 0.3) is 0 Å². The Labute approximate surface area is 73.5 Å². The summed E-state index contributed by atoms with van der Waals surface area (Å²) in [5.41, 5.74) is 0.0143. The van der Waals surface area contributed by atoms with Crippen LogP contribution >= 0.6 is 0 Å². The average molecular weight is 165 g/mol. The standard InChI is InChI=1S/C10H15NO/c11-8-10(4-2-5-10)9-3-1-6-12-7-9/h9H,1-7H2/t9-/m1/s1. The summed E-state index contributed by atoms with van der Waals surface area (Å²) in [6, 6.07) is 2.50. The van der Waals surface area contributed by atoms with Gasteiger partial charge in [-0.25, -0.2) is 0 Å².